The van der Waals surface area contributed by atoms with Crippen molar-refractivity contribution >= 4 is 11.8 Å². The Bertz CT molecular complexity index is 1170. The van der Waals surface area contributed by atoms with Gasteiger partial charge >= 0.3 is 0 Å². The largest absolute Gasteiger partial charge is 0.338 e. The standard InChI is InChI=1S/C25H28N6OS/c1-2-19-10-12-21(13-11-19)24-26-23(32-29-24)18-33-25-28-27-22(17-30-14-6-7-15-30)31(25)16-20-8-4-3-5-9-20/h3-5,8-13H,2,6-7,14-18H2,1H3. The van der Waals surface area contributed by atoms with E-state index < -0.39 is 0 Å². The van der Waals surface area contributed by atoms with E-state index in [1.807, 2.05) is 18.2 Å². The summed E-state index contributed by atoms with van der Waals surface area (Å²) in [5, 5.41) is 14.1. The van der Waals surface area contributed by atoms with Crippen molar-refractivity contribution in [1.82, 2.24) is 29.8 Å². The Hall–Kier alpha value is -2.97. The molecule has 0 atom stereocenters. The maximum absolute atomic E-state index is 5.52. The molecular weight excluding hydrogens is 432 g/mol. The monoisotopic (exact) mass is 460 g/mol. The van der Waals surface area contributed by atoms with Gasteiger partial charge in [0, 0.05) is 5.56 Å². The average Bonchev–Trinajstić information content (AvgIpc) is 3.62. The number of aryl methyl sites for hydroxylation is 1. The summed E-state index contributed by atoms with van der Waals surface area (Å²) in [7, 11) is 0. The van der Waals surface area contributed by atoms with E-state index in [0.29, 0.717) is 17.5 Å². The van der Waals surface area contributed by atoms with Crippen LogP contribution in [0.4, 0.5) is 0 Å². The lowest BCUT2D eigenvalue weighted by Crippen LogP contribution is -2.21. The fraction of sp³-hybridized carbons (Fsp3) is 0.360. The zero-order valence-electron chi connectivity index (χ0n) is 18.9. The van der Waals surface area contributed by atoms with Crippen LogP contribution in [0, 0.1) is 0 Å². The van der Waals surface area contributed by atoms with Crippen LogP contribution in [0.2, 0.25) is 0 Å². The first-order valence-corrected chi connectivity index (χ1v) is 12.5. The molecular formula is C25H28N6OS. The van der Waals surface area contributed by atoms with Gasteiger partial charge in [0.1, 0.15) is 5.82 Å². The molecule has 0 unspecified atom stereocenters. The molecule has 33 heavy (non-hydrogen) atoms. The highest BCUT2D eigenvalue weighted by Gasteiger charge is 2.19. The highest BCUT2D eigenvalue weighted by molar-refractivity contribution is 7.98. The Morgan fingerprint density at radius 1 is 0.909 bits per heavy atom. The Morgan fingerprint density at radius 3 is 2.45 bits per heavy atom. The number of thioether (sulfide) groups is 1. The van der Waals surface area contributed by atoms with Crippen LogP contribution >= 0.6 is 11.8 Å². The SMILES string of the molecule is CCc1ccc(-c2noc(CSc3nnc(CN4CCCC4)n3Cc3ccccc3)n2)cc1. The first kappa shape index (κ1) is 21.9. The minimum absolute atomic E-state index is 0.552. The van der Waals surface area contributed by atoms with Gasteiger partial charge in [0.15, 0.2) is 5.16 Å². The van der Waals surface area contributed by atoms with Crippen molar-refractivity contribution in [3.63, 3.8) is 0 Å². The summed E-state index contributed by atoms with van der Waals surface area (Å²) in [4.78, 5) is 7.04. The van der Waals surface area contributed by atoms with Gasteiger partial charge in [-0.25, -0.2) is 0 Å². The summed E-state index contributed by atoms with van der Waals surface area (Å²) in [6.45, 7) is 5.98. The van der Waals surface area contributed by atoms with Crippen LogP contribution in [-0.4, -0.2) is 42.9 Å². The van der Waals surface area contributed by atoms with Crippen LogP contribution in [0.1, 0.15) is 42.6 Å². The van der Waals surface area contributed by atoms with Crippen LogP contribution in [0.25, 0.3) is 11.4 Å². The summed E-state index contributed by atoms with van der Waals surface area (Å²) in [5.41, 5.74) is 3.49. The highest BCUT2D eigenvalue weighted by atomic mass is 32.2. The molecule has 4 aromatic rings. The number of hydrogen-bond donors (Lipinski definition) is 0. The van der Waals surface area contributed by atoms with Crippen LogP contribution < -0.4 is 0 Å². The molecule has 1 saturated heterocycles. The molecule has 8 heteroatoms. The summed E-state index contributed by atoms with van der Waals surface area (Å²) < 4.78 is 7.74. The van der Waals surface area contributed by atoms with E-state index >= 15 is 0 Å². The quantitative estimate of drug-likeness (QED) is 0.331. The van der Waals surface area contributed by atoms with E-state index in [1.165, 1.54) is 24.0 Å². The van der Waals surface area contributed by atoms with Crippen molar-refractivity contribution in [3.05, 3.63) is 77.4 Å². The molecule has 0 amide bonds. The predicted octanol–water partition coefficient (Wildman–Crippen LogP) is 4.83. The lowest BCUT2D eigenvalue weighted by Gasteiger charge is -2.15. The minimum Gasteiger partial charge on any atom is -0.338 e. The first-order valence-electron chi connectivity index (χ1n) is 11.5. The first-order chi connectivity index (χ1) is 16.3. The molecule has 1 aliphatic rings. The molecule has 2 aromatic carbocycles. The molecule has 3 heterocycles. The molecule has 0 bridgehead atoms. The number of aromatic nitrogens is 5. The molecule has 0 N–H and O–H groups in total. The zero-order chi connectivity index (χ0) is 22.5. The van der Waals surface area contributed by atoms with Gasteiger partial charge in [0.2, 0.25) is 11.7 Å². The fourth-order valence-corrected chi connectivity index (χ4v) is 4.85. The molecule has 1 aliphatic heterocycles. The molecule has 0 saturated carbocycles. The van der Waals surface area contributed by atoms with Crippen molar-refractivity contribution in [3.8, 4) is 11.4 Å². The summed E-state index contributed by atoms with van der Waals surface area (Å²) in [5.74, 6) is 2.76. The third-order valence-electron chi connectivity index (χ3n) is 5.95. The molecule has 7 nitrogen and oxygen atoms in total. The summed E-state index contributed by atoms with van der Waals surface area (Å²) in [6, 6.07) is 18.8. The second-order valence-corrected chi connectivity index (χ2v) is 9.25. The molecule has 170 valence electrons. The second-order valence-electron chi connectivity index (χ2n) is 8.30. The number of benzene rings is 2. The Labute approximate surface area is 198 Å². The number of nitrogens with zero attached hydrogens (tertiary/aromatic N) is 6. The van der Waals surface area contributed by atoms with Crippen molar-refractivity contribution < 1.29 is 4.52 Å². The molecule has 2 aromatic heterocycles. The smallest absolute Gasteiger partial charge is 0.237 e. The van der Waals surface area contributed by atoms with Crippen molar-refractivity contribution in [2.75, 3.05) is 13.1 Å². The van der Waals surface area contributed by atoms with E-state index in [-0.39, 0.29) is 0 Å². The molecule has 1 fully saturated rings. The molecule has 0 aliphatic carbocycles. The Kier molecular flexibility index (Phi) is 6.83. The number of hydrogen-bond acceptors (Lipinski definition) is 7. The summed E-state index contributed by atoms with van der Waals surface area (Å²) in [6.07, 6.45) is 3.53. The van der Waals surface area contributed by atoms with Gasteiger partial charge in [0.05, 0.1) is 18.8 Å². The zero-order valence-corrected chi connectivity index (χ0v) is 19.7. The summed E-state index contributed by atoms with van der Waals surface area (Å²) >= 11 is 1.59. The van der Waals surface area contributed by atoms with Crippen LogP contribution in [-0.2, 0) is 25.3 Å². The molecule has 0 radical (unpaired) electrons. The molecule has 5 rings (SSSR count). The van der Waals surface area contributed by atoms with Gasteiger partial charge in [-0.1, -0.05) is 78.4 Å². The van der Waals surface area contributed by atoms with Crippen LogP contribution in [0.3, 0.4) is 0 Å². The maximum Gasteiger partial charge on any atom is 0.237 e. The van der Waals surface area contributed by atoms with E-state index in [0.717, 1.165) is 49.1 Å². The lowest BCUT2D eigenvalue weighted by molar-refractivity contribution is 0.316. The van der Waals surface area contributed by atoms with Crippen molar-refractivity contribution in [2.24, 2.45) is 0 Å². The van der Waals surface area contributed by atoms with E-state index in [9.17, 15) is 0 Å². The third kappa shape index (κ3) is 5.34. The number of likely N-dealkylation sites (tertiary alicyclic amines) is 1. The van der Waals surface area contributed by atoms with Crippen LogP contribution in [0.5, 0.6) is 0 Å². The number of rotatable bonds is 9. The van der Waals surface area contributed by atoms with Gasteiger partial charge in [-0.2, -0.15) is 4.98 Å². The van der Waals surface area contributed by atoms with Crippen molar-refractivity contribution in [1.29, 1.82) is 0 Å². The Morgan fingerprint density at radius 2 is 1.70 bits per heavy atom. The molecule has 0 spiro atoms. The maximum atomic E-state index is 5.52. The van der Waals surface area contributed by atoms with E-state index in [4.69, 9.17) is 4.52 Å². The van der Waals surface area contributed by atoms with Gasteiger partial charge in [-0.05, 0) is 43.5 Å². The van der Waals surface area contributed by atoms with E-state index in [1.54, 1.807) is 11.8 Å². The Balaban J connectivity index is 1.31. The topological polar surface area (TPSA) is 72.9 Å². The third-order valence-corrected chi connectivity index (χ3v) is 6.91. The fourth-order valence-electron chi connectivity index (χ4n) is 4.05. The van der Waals surface area contributed by atoms with Gasteiger partial charge in [-0.3, -0.25) is 4.90 Å². The van der Waals surface area contributed by atoms with Gasteiger partial charge < -0.3 is 9.09 Å². The van der Waals surface area contributed by atoms with Gasteiger partial charge in [-0.15, -0.1) is 10.2 Å². The second kappa shape index (κ2) is 10.3. The average molecular weight is 461 g/mol. The lowest BCUT2D eigenvalue weighted by atomic mass is 10.1. The van der Waals surface area contributed by atoms with Crippen LogP contribution in [0.15, 0.2) is 64.3 Å². The van der Waals surface area contributed by atoms with E-state index in [2.05, 4.69) is 73.1 Å². The predicted molar refractivity (Wildman–Crippen MR) is 129 cm³/mol. The van der Waals surface area contributed by atoms with Gasteiger partial charge in [0.25, 0.3) is 0 Å². The van der Waals surface area contributed by atoms with Crippen molar-refractivity contribution in [2.45, 2.75) is 50.2 Å². The highest BCUT2D eigenvalue weighted by Crippen LogP contribution is 2.25. The normalized spacial score (nSPS) is 14.2. The minimum atomic E-state index is 0.552.